The number of amides is 1. The lowest BCUT2D eigenvalue weighted by Gasteiger charge is -2.07. The third-order valence-electron chi connectivity index (χ3n) is 2.96. The molecule has 118 valence electrons. The smallest absolute Gasteiger partial charge is 0.251 e. The van der Waals surface area contributed by atoms with Crippen LogP contribution in [0.3, 0.4) is 0 Å². The van der Waals surface area contributed by atoms with Crippen LogP contribution in [0.5, 0.6) is 0 Å². The Hall–Kier alpha value is -1.66. The maximum absolute atomic E-state index is 12.0. The molecule has 0 fully saturated rings. The summed E-state index contributed by atoms with van der Waals surface area (Å²) in [4.78, 5) is 16.1. The van der Waals surface area contributed by atoms with Gasteiger partial charge in [0.05, 0.1) is 13.2 Å². The van der Waals surface area contributed by atoms with Gasteiger partial charge in [0.25, 0.3) is 5.91 Å². The van der Waals surface area contributed by atoms with Crippen LogP contribution < -0.4 is 11.1 Å². The van der Waals surface area contributed by atoms with Gasteiger partial charge in [-0.25, -0.2) is 4.98 Å². The quantitative estimate of drug-likeness (QED) is 0.637. The summed E-state index contributed by atoms with van der Waals surface area (Å²) in [6.45, 7) is 4.50. The van der Waals surface area contributed by atoms with Crippen LogP contribution >= 0.6 is 0 Å². The number of nitrogens with zero attached hydrogens (tertiary/aromatic N) is 1. The number of hydrogen-bond donors (Lipinski definition) is 2. The fourth-order valence-electron chi connectivity index (χ4n) is 1.80. The van der Waals surface area contributed by atoms with Crippen molar-refractivity contribution in [3.8, 4) is 0 Å². The molecule has 0 aliphatic heterocycles. The molecule has 1 aromatic rings. The average molecular weight is 295 g/mol. The van der Waals surface area contributed by atoms with Gasteiger partial charge in [-0.05, 0) is 31.4 Å². The monoisotopic (exact) mass is 295 g/mol. The Morgan fingerprint density at radius 2 is 2.10 bits per heavy atom. The van der Waals surface area contributed by atoms with Crippen LogP contribution in [-0.4, -0.2) is 44.4 Å². The number of anilines is 1. The van der Waals surface area contributed by atoms with Crippen molar-refractivity contribution in [2.24, 2.45) is 0 Å². The molecule has 1 heterocycles. The number of nitrogens with two attached hydrogens (primary N) is 1. The van der Waals surface area contributed by atoms with E-state index >= 15 is 0 Å². The average Bonchev–Trinajstić information content (AvgIpc) is 2.49. The first-order valence-corrected chi connectivity index (χ1v) is 7.28. The lowest BCUT2D eigenvalue weighted by atomic mass is 10.2. The van der Waals surface area contributed by atoms with E-state index < -0.39 is 0 Å². The van der Waals surface area contributed by atoms with Crippen molar-refractivity contribution in [3.63, 3.8) is 0 Å². The second-order valence-electron chi connectivity index (χ2n) is 4.69. The minimum absolute atomic E-state index is 0.112. The van der Waals surface area contributed by atoms with E-state index in [1.165, 1.54) is 0 Å². The van der Waals surface area contributed by atoms with E-state index in [4.69, 9.17) is 15.2 Å². The predicted octanol–water partition coefficient (Wildman–Crippen LogP) is 1.40. The summed E-state index contributed by atoms with van der Waals surface area (Å²) in [5.74, 6) is 0.269. The van der Waals surface area contributed by atoms with E-state index in [0.29, 0.717) is 37.7 Å². The van der Waals surface area contributed by atoms with Gasteiger partial charge in [-0.1, -0.05) is 6.92 Å². The fraction of sp³-hybridized carbons (Fsp3) is 0.600. The lowest BCUT2D eigenvalue weighted by molar-refractivity contribution is 0.0686. The molecule has 1 rings (SSSR count). The Balaban J connectivity index is 2.23. The van der Waals surface area contributed by atoms with Crippen molar-refractivity contribution in [1.29, 1.82) is 0 Å². The molecule has 0 atom stereocenters. The number of carbonyl (C=O) groups is 1. The first-order valence-electron chi connectivity index (χ1n) is 7.28. The van der Waals surface area contributed by atoms with Gasteiger partial charge < -0.3 is 20.5 Å². The summed E-state index contributed by atoms with van der Waals surface area (Å²) >= 11 is 0. The number of rotatable bonds is 10. The van der Waals surface area contributed by atoms with E-state index in [2.05, 4.69) is 10.3 Å². The standard InChI is InChI=1S/C15H25N3O3/c1-3-13-10-12(11-14(16)18-13)15(19)17-6-4-5-7-21-9-8-20-2/h10-11H,3-9H2,1-2H3,(H2,16,18)(H,17,19). The second-order valence-corrected chi connectivity index (χ2v) is 4.69. The number of aromatic nitrogens is 1. The van der Waals surface area contributed by atoms with E-state index in [-0.39, 0.29) is 5.91 Å². The molecular formula is C15H25N3O3. The Labute approximate surface area is 126 Å². The Bertz CT molecular complexity index is 438. The Morgan fingerprint density at radius 1 is 1.29 bits per heavy atom. The molecule has 6 nitrogen and oxygen atoms in total. The second kappa shape index (κ2) is 10.1. The van der Waals surface area contributed by atoms with E-state index in [1.807, 2.05) is 6.92 Å². The first kappa shape index (κ1) is 17.4. The van der Waals surface area contributed by atoms with E-state index in [9.17, 15) is 4.79 Å². The number of ether oxygens (including phenoxy) is 2. The molecule has 0 radical (unpaired) electrons. The minimum Gasteiger partial charge on any atom is -0.384 e. The highest BCUT2D eigenvalue weighted by atomic mass is 16.5. The summed E-state index contributed by atoms with van der Waals surface area (Å²) in [6.07, 6.45) is 2.53. The summed E-state index contributed by atoms with van der Waals surface area (Å²) in [5.41, 5.74) is 7.08. The van der Waals surface area contributed by atoms with Crippen LogP contribution in [0.15, 0.2) is 12.1 Å². The number of nitrogen functional groups attached to an aromatic ring is 1. The molecule has 0 bridgehead atoms. The first-order chi connectivity index (χ1) is 10.2. The molecule has 0 saturated carbocycles. The predicted molar refractivity (Wildman–Crippen MR) is 82.3 cm³/mol. The molecule has 0 unspecified atom stereocenters. The topological polar surface area (TPSA) is 86.5 Å². The van der Waals surface area contributed by atoms with Gasteiger partial charge in [-0.2, -0.15) is 0 Å². The number of aryl methyl sites for hydroxylation is 1. The van der Waals surface area contributed by atoms with E-state index in [1.54, 1.807) is 19.2 Å². The van der Waals surface area contributed by atoms with Gasteiger partial charge in [-0.15, -0.1) is 0 Å². The lowest BCUT2D eigenvalue weighted by Crippen LogP contribution is -2.25. The van der Waals surface area contributed by atoms with E-state index in [0.717, 1.165) is 25.0 Å². The van der Waals surface area contributed by atoms with Gasteiger partial charge in [0, 0.05) is 31.5 Å². The molecule has 21 heavy (non-hydrogen) atoms. The van der Waals surface area contributed by atoms with Gasteiger partial charge in [0.2, 0.25) is 0 Å². The fourth-order valence-corrected chi connectivity index (χ4v) is 1.80. The SMILES string of the molecule is CCc1cc(C(=O)NCCCCOCCOC)cc(N)n1. The van der Waals surface area contributed by atoms with Crippen LogP contribution in [0.25, 0.3) is 0 Å². The number of methoxy groups -OCH3 is 1. The summed E-state index contributed by atoms with van der Waals surface area (Å²) in [7, 11) is 1.65. The molecular weight excluding hydrogens is 270 g/mol. The minimum atomic E-state index is -0.112. The highest BCUT2D eigenvalue weighted by molar-refractivity contribution is 5.94. The highest BCUT2D eigenvalue weighted by Gasteiger charge is 2.07. The maximum atomic E-state index is 12.0. The van der Waals surface area contributed by atoms with Crippen molar-refractivity contribution in [2.45, 2.75) is 26.2 Å². The van der Waals surface area contributed by atoms with Gasteiger partial charge >= 0.3 is 0 Å². The van der Waals surface area contributed by atoms with Crippen LogP contribution in [0.4, 0.5) is 5.82 Å². The molecule has 0 aromatic carbocycles. The Kier molecular flexibility index (Phi) is 8.38. The van der Waals surface area contributed by atoms with Crippen molar-refractivity contribution < 1.29 is 14.3 Å². The summed E-state index contributed by atoms with van der Waals surface area (Å²) in [6, 6.07) is 3.38. The summed E-state index contributed by atoms with van der Waals surface area (Å²) < 4.78 is 10.2. The van der Waals surface area contributed by atoms with Gasteiger partial charge in [0.1, 0.15) is 5.82 Å². The zero-order chi connectivity index (χ0) is 15.5. The summed E-state index contributed by atoms with van der Waals surface area (Å²) in [5, 5.41) is 2.88. The molecule has 0 spiro atoms. The number of unbranched alkanes of at least 4 members (excludes halogenated alkanes) is 1. The highest BCUT2D eigenvalue weighted by Crippen LogP contribution is 2.08. The third-order valence-corrected chi connectivity index (χ3v) is 2.96. The molecule has 0 saturated heterocycles. The van der Waals surface area contributed by atoms with Crippen molar-refractivity contribution >= 4 is 11.7 Å². The molecule has 1 aromatic heterocycles. The number of hydrogen-bond acceptors (Lipinski definition) is 5. The number of carbonyl (C=O) groups excluding carboxylic acids is 1. The van der Waals surface area contributed by atoms with Crippen LogP contribution in [0, 0.1) is 0 Å². The number of pyridine rings is 1. The maximum Gasteiger partial charge on any atom is 0.251 e. The molecule has 1 amide bonds. The van der Waals surface area contributed by atoms with Gasteiger partial charge in [-0.3, -0.25) is 4.79 Å². The zero-order valence-corrected chi connectivity index (χ0v) is 12.9. The third kappa shape index (κ3) is 7.06. The number of nitrogens with one attached hydrogen (secondary N) is 1. The van der Waals surface area contributed by atoms with Crippen molar-refractivity contribution in [3.05, 3.63) is 23.4 Å². The normalized spacial score (nSPS) is 10.6. The molecule has 0 aliphatic carbocycles. The zero-order valence-electron chi connectivity index (χ0n) is 12.9. The molecule has 6 heteroatoms. The Morgan fingerprint density at radius 3 is 2.81 bits per heavy atom. The van der Waals surface area contributed by atoms with Gasteiger partial charge in [0.15, 0.2) is 0 Å². The van der Waals surface area contributed by atoms with Crippen LogP contribution in [0.2, 0.25) is 0 Å². The van der Waals surface area contributed by atoms with Crippen molar-refractivity contribution in [1.82, 2.24) is 10.3 Å². The largest absolute Gasteiger partial charge is 0.384 e. The van der Waals surface area contributed by atoms with Crippen molar-refractivity contribution in [2.75, 3.05) is 39.2 Å². The molecule has 3 N–H and O–H groups in total. The molecule has 0 aliphatic rings. The van der Waals surface area contributed by atoms with Crippen LogP contribution in [-0.2, 0) is 15.9 Å². The van der Waals surface area contributed by atoms with Crippen LogP contribution in [0.1, 0.15) is 35.8 Å².